The van der Waals surface area contributed by atoms with Gasteiger partial charge < -0.3 is 5.32 Å². The van der Waals surface area contributed by atoms with Crippen molar-refractivity contribution in [3.05, 3.63) is 24.0 Å². The van der Waals surface area contributed by atoms with Gasteiger partial charge in [-0.3, -0.25) is 4.79 Å². The minimum atomic E-state index is -4.12. The van der Waals surface area contributed by atoms with Crippen LogP contribution in [0.15, 0.2) is 23.1 Å². The van der Waals surface area contributed by atoms with Crippen LogP contribution >= 0.6 is 10.7 Å². The minimum Gasteiger partial charge on any atom is -0.326 e. The van der Waals surface area contributed by atoms with Crippen molar-refractivity contribution in [2.24, 2.45) is 17.8 Å². The fraction of sp³-hybridized carbons (Fsp3) is 0.500. The molecule has 1 aromatic carbocycles. The van der Waals surface area contributed by atoms with E-state index in [2.05, 4.69) is 5.32 Å². The fourth-order valence-electron chi connectivity index (χ4n) is 3.58. The molecule has 7 heteroatoms. The van der Waals surface area contributed by atoms with Gasteiger partial charge in [0.25, 0.3) is 9.05 Å². The third-order valence-corrected chi connectivity index (χ3v) is 5.89. The Kier molecular flexibility index (Phi) is 3.69. The number of fused-ring (bicyclic) bond motifs is 2. The standard InChI is InChI=1S/C14H15ClFNO3S/c15-21(19,20)13-4-3-10(7-12(13)16)17-14(18)11-6-8-1-2-9(11)5-8/h3-4,7-9,11H,1-2,5-6H2,(H,17,18). The normalized spacial score (nSPS) is 27.8. The summed E-state index contributed by atoms with van der Waals surface area (Å²) in [5.74, 6) is -0.00401. The average molecular weight is 332 g/mol. The molecule has 3 unspecified atom stereocenters. The number of amides is 1. The van der Waals surface area contributed by atoms with E-state index in [0.717, 1.165) is 31.4 Å². The number of nitrogens with one attached hydrogen (secondary N) is 1. The summed E-state index contributed by atoms with van der Waals surface area (Å²) in [7, 11) is 0.996. The molecule has 2 bridgehead atoms. The third kappa shape index (κ3) is 2.92. The van der Waals surface area contributed by atoms with Crippen molar-refractivity contribution < 1.29 is 17.6 Å². The average Bonchev–Trinajstić information content (AvgIpc) is 2.99. The van der Waals surface area contributed by atoms with Gasteiger partial charge in [-0.1, -0.05) is 6.42 Å². The Morgan fingerprint density at radius 3 is 2.57 bits per heavy atom. The molecule has 2 aliphatic rings. The highest BCUT2D eigenvalue weighted by Crippen LogP contribution is 2.48. The Hall–Kier alpha value is -1.14. The third-order valence-electron chi connectivity index (χ3n) is 4.54. The Labute approximate surface area is 127 Å². The summed E-state index contributed by atoms with van der Waals surface area (Å²) in [6, 6.07) is 3.40. The van der Waals surface area contributed by atoms with E-state index in [4.69, 9.17) is 10.7 Å². The van der Waals surface area contributed by atoms with Gasteiger partial charge in [0.15, 0.2) is 0 Å². The van der Waals surface area contributed by atoms with Crippen molar-refractivity contribution >= 4 is 31.3 Å². The molecular weight excluding hydrogens is 317 g/mol. The molecule has 2 fully saturated rings. The maximum Gasteiger partial charge on any atom is 0.264 e. The summed E-state index contributed by atoms with van der Waals surface area (Å²) in [6.45, 7) is 0. The van der Waals surface area contributed by atoms with Gasteiger partial charge in [-0.25, -0.2) is 12.8 Å². The number of hydrogen-bond donors (Lipinski definition) is 1. The molecule has 0 aliphatic heterocycles. The van der Waals surface area contributed by atoms with E-state index >= 15 is 0 Å². The first kappa shape index (κ1) is 14.8. The second-order valence-corrected chi connectivity index (χ2v) is 8.39. The molecule has 0 spiro atoms. The highest BCUT2D eigenvalue weighted by atomic mass is 35.7. The second-order valence-electron chi connectivity index (χ2n) is 5.85. The molecular formula is C14H15ClFNO3S. The van der Waals surface area contributed by atoms with E-state index in [1.54, 1.807) is 0 Å². The molecule has 0 radical (unpaired) electrons. The van der Waals surface area contributed by atoms with E-state index in [1.807, 2.05) is 0 Å². The number of anilines is 1. The second kappa shape index (κ2) is 5.25. The van der Waals surface area contributed by atoms with Crippen LogP contribution < -0.4 is 5.32 Å². The van der Waals surface area contributed by atoms with Crippen LogP contribution in [0.4, 0.5) is 10.1 Å². The maximum absolute atomic E-state index is 13.7. The molecule has 0 aromatic heterocycles. The van der Waals surface area contributed by atoms with Gasteiger partial charge >= 0.3 is 0 Å². The number of halogens is 2. The van der Waals surface area contributed by atoms with Crippen molar-refractivity contribution in [1.82, 2.24) is 0 Å². The first-order valence-electron chi connectivity index (χ1n) is 6.89. The highest BCUT2D eigenvalue weighted by Gasteiger charge is 2.43. The molecule has 1 N–H and O–H groups in total. The molecule has 3 rings (SSSR count). The van der Waals surface area contributed by atoms with Gasteiger partial charge in [0.2, 0.25) is 5.91 Å². The molecule has 2 saturated carbocycles. The minimum absolute atomic E-state index is 0.0109. The molecule has 0 heterocycles. The predicted molar refractivity (Wildman–Crippen MR) is 77.0 cm³/mol. The van der Waals surface area contributed by atoms with E-state index < -0.39 is 19.8 Å². The van der Waals surface area contributed by atoms with Crippen molar-refractivity contribution in [1.29, 1.82) is 0 Å². The van der Waals surface area contributed by atoms with Crippen molar-refractivity contribution in [3.8, 4) is 0 Å². The molecule has 1 amide bonds. The van der Waals surface area contributed by atoms with Crippen LogP contribution in [0.25, 0.3) is 0 Å². The number of carbonyl (C=O) groups is 1. The quantitative estimate of drug-likeness (QED) is 0.865. The summed E-state index contributed by atoms with van der Waals surface area (Å²) < 4.78 is 36.0. The lowest BCUT2D eigenvalue weighted by Gasteiger charge is -2.20. The van der Waals surface area contributed by atoms with Gasteiger partial charge in [-0.2, -0.15) is 0 Å². The SMILES string of the molecule is O=C(Nc1ccc(S(=O)(=O)Cl)c(F)c1)C1CC2CCC1C2. The maximum atomic E-state index is 13.7. The molecule has 1 aromatic rings. The van der Waals surface area contributed by atoms with Gasteiger partial charge in [-0.05, 0) is 49.3 Å². The van der Waals surface area contributed by atoms with Crippen LogP contribution in [0, 0.1) is 23.6 Å². The fourth-order valence-corrected chi connectivity index (χ4v) is 4.47. The van der Waals surface area contributed by atoms with E-state index in [-0.39, 0.29) is 17.5 Å². The zero-order chi connectivity index (χ0) is 15.2. The molecule has 4 nitrogen and oxygen atoms in total. The first-order chi connectivity index (χ1) is 9.84. The Bertz CT molecular complexity index is 691. The zero-order valence-electron chi connectivity index (χ0n) is 11.2. The molecule has 0 saturated heterocycles. The van der Waals surface area contributed by atoms with Crippen LogP contribution in [-0.2, 0) is 13.8 Å². The van der Waals surface area contributed by atoms with E-state index in [0.29, 0.717) is 11.8 Å². The summed E-state index contributed by atoms with van der Waals surface area (Å²) in [4.78, 5) is 11.6. The molecule has 21 heavy (non-hydrogen) atoms. The summed E-state index contributed by atoms with van der Waals surface area (Å²) in [6.07, 6.45) is 4.29. The monoisotopic (exact) mass is 331 g/mol. The summed E-state index contributed by atoms with van der Waals surface area (Å²) in [5, 5.41) is 2.67. The summed E-state index contributed by atoms with van der Waals surface area (Å²) >= 11 is 0. The Morgan fingerprint density at radius 1 is 1.29 bits per heavy atom. The summed E-state index contributed by atoms with van der Waals surface area (Å²) in [5.41, 5.74) is 0.254. The smallest absolute Gasteiger partial charge is 0.264 e. The van der Waals surface area contributed by atoms with Gasteiger partial charge in [0, 0.05) is 22.3 Å². The van der Waals surface area contributed by atoms with E-state index in [1.165, 1.54) is 12.5 Å². The van der Waals surface area contributed by atoms with Gasteiger partial charge in [0.05, 0.1) is 0 Å². The Balaban J connectivity index is 1.74. The number of hydrogen-bond acceptors (Lipinski definition) is 3. The molecule has 2 aliphatic carbocycles. The molecule has 114 valence electrons. The number of rotatable bonds is 3. The highest BCUT2D eigenvalue weighted by molar-refractivity contribution is 8.13. The van der Waals surface area contributed by atoms with Crippen LogP contribution in [0.1, 0.15) is 25.7 Å². The Morgan fingerprint density at radius 2 is 2.05 bits per heavy atom. The first-order valence-corrected chi connectivity index (χ1v) is 9.20. The van der Waals surface area contributed by atoms with Crippen LogP contribution in [0.2, 0.25) is 0 Å². The largest absolute Gasteiger partial charge is 0.326 e. The number of benzene rings is 1. The zero-order valence-corrected chi connectivity index (χ0v) is 12.8. The topological polar surface area (TPSA) is 63.2 Å². The number of carbonyl (C=O) groups excluding carboxylic acids is 1. The van der Waals surface area contributed by atoms with Crippen LogP contribution in [-0.4, -0.2) is 14.3 Å². The molecule has 3 atom stereocenters. The van der Waals surface area contributed by atoms with Crippen molar-refractivity contribution in [2.75, 3.05) is 5.32 Å². The van der Waals surface area contributed by atoms with Crippen molar-refractivity contribution in [2.45, 2.75) is 30.6 Å². The van der Waals surface area contributed by atoms with Crippen LogP contribution in [0.3, 0.4) is 0 Å². The lowest BCUT2D eigenvalue weighted by molar-refractivity contribution is -0.121. The van der Waals surface area contributed by atoms with Crippen LogP contribution in [0.5, 0.6) is 0 Å². The van der Waals surface area contributed by atoms with E-state index in [9.17, 15) is 17.6 Å². The predicted octanol–water partition coefficient (Wildman–Crippen LogP) is 3.13. The lowest BCUT2D eigenvalue weighted by Crippen LogP contribution is -2.27. The van der Waals surface area contributed by atoms with Gasteiger partial charge in [-0.15, -0.1) is 0 Å². The van der Waals surface area contributed by atoms with Crippen molar-refractivity contribution in [3.63, 3.8) is 0 Å². The van der Waals surface area contributed by atoms with Gasteiger partial charge in [0.1, 0.15) is 10.7 Å². The lowest BCUT2D eigenvalue weighted by atomic mass is 9.88.